The SMILES string of the molecule is CCOC1Cc2cc(OC(C)=O)c(OC)cc2OC1c1ccc(OC)cc1. The number of hydrogen-bond donors (Lipinski definition) is 0. The zero-order valence-corrected chi connectivity index (χ0v) is 16.0. The molecule has 0 saturated heterocycles. The molecule has 27 heavy (non-hydrogen) atoms. The average Bonchev–Trinajstić information content (AvgIpc) is 2.67. The summed E-state index contributed by atoms with van der Waals surface area (Å²) >= 11 is 0. The summed E-state index contributed by atoms with van der Waals surface area (Å²) in [5, 5.41) is 0. The second kappa shape index (κ2) is 8.31. The van der Waals surface area contributed by atoms with E-state index < -0.39 is 5.97 Å². The Morgan fingerprint density at radius 3 is 2.44 bits per heavy atom. The van der Waals surface area contributed by atoms with E-state index in [-0.39, 0.29) is 12.2 Å². The number of ether oxygens (including phenoxy) is 5. The van der Waals surface area contributed by atoms with Gasteiger partial charge in [0.15, 0.2) is 17.6 Å². The number of carbonyl (C=O) groups is 1. The summed E-state index contributed by atoms with van der Waals surface area (Å²) in [5.41, 5.74) is 1.91. The quantitative estimate of drug-likeness (QED) is 0.569. The largest absolute Gasteiger partial charge is 0.497 e. The van der Waals surface area contributed by atoms with Gasteiger partial charge in [-0.25, -0.2) is 0 Å². The Morgan fingerprint density at radius 2 is 1.85 bits per heavy atom. The first-order chi connectivity index (χ1) is 13.0. The number of methoxy groups -OCH3 is 2. The summed E-state index contributed by atoms with van der Waals surface area (Å²) in [4.78, 5) is 11.4. The molecule has 0 bridgehead atoms. The van der Waals surface area contributed by atoms with Crippen molar-refractivity contribution in [1.82, 2.24) is 0 Å². The molecule has 6 heteroatoms. The third-order valence-electron chi connectivity index (χ3n) is 4.44. The molecule has 0 aromatic heterocycles. The Morgan fingerprint density at radius 1 is 1.11 bits per heavy atom. The minimum atomic E-state index is -0.401. The number of benzene rings is 2. The topological polar surface area (TPSA) is 63.2 Å². The van der Waals surface area contributed by atoms with Crippen LogP contribution in [0.4, 0.5) is 0 Å². The van der Waals surface area contributed by atoms with Gasteiger partial charge in [-0.05, 0) is 30.7 Å². The molecule has 0 aliphatic carbocycles. The van der Waals surface area contributed by atoms with Gasteiger partial charge in [0.1, 0.15) is 17.6 Å². The maximum absolute atomic E-state index is 11.4. The molecule has 144 valence electrons. The minimum Gasteiger partial charge on any atom is -0.497 e. The van der Waals surface area contributed by atoms with Gasteiger partial charge in [0, 0.05) is 31.6 Å². The molecule has 3 rings (SSSR count). The molecule has 0 spiro atoms. The molecule has 1 aliphatic rings. The lowest BCUT2D eigenvalue weighted by molar-refractivity contribution is -0.132. The first-order valence-electron chi connectivity index (χ1n) is 8.87. The van der Waals surface area contributed by atoms with Crippen LogP contribution in [0.1, 0.15) is 31.1 Å². The Labute approximate surface area is 158 Å². The van der Waals surface area contributed by atoms with Crippen LogP contribution < -0.4 is 18.9 Å². The molecule has 2 aromatic rings. The number of hydrogen-bond acceptors (Lipinski definition) is 6. The van der Waals surface area contributed by atoms with Crippen LogP contribution >= 0.6 is 0 Å². The number of carbonyl (C=O) groups excluding carboxylic acids is 1. The van der Waals surface area contributed by atoms with E-state index in [9.17, 15) is 4.79 Å². The highest BCUT2D eigenvalue weighted by atomic mass is 16.6. The molecule has 2 unspecified atom stereocenters. The van der Waals surface area contributed by atoms with E-state index >= 15 is 0 Å². The molecule has 2 aromatic carbocycles. The van der Waals surface area contributed by atoms with E-state index in [0.717, 1.165) is 16.9 Å². The van der Waals surface area contributed by atoms with Gasteiger partial charge in [-0.1, -0.05) is 12.1 Å². The summed E-state index contributed by atoms with van der Waals surface area (Å²) in [6.45, 7) is 3.89. The van der Waals surface area contributed by atoms with Crippen molar-refractivity contribution in [3.8, 4) is 23.0 Å². The lowest BCUT2D eigenvalue weighted by Crippen LogP contribution is -2.33. The van der Waals surface area contributed by atoms with Gasteiger partial charge in [0.05, 0.1) is 14.2 Å². The van der Waals surface area contributed by atoms with Gasteiger partial charge in [0.2, 0.25) is 0 Å². The second-order valence-corrected chi connectivity index (χ2v) is 6.21. The monoisotopic (exact) mass is 372 g/mol. The number of fused-ring (bicyclic) bond motifs is 1. The average molecular weight is 372 g/mol. The molecule has 2 atom stereocenters. The predicted octanol–water partition coefficient (Wildman–Crippen LogP) is 3.71. The van der Waals surface area contributed by atoms with Crippen LogP contribution in [0.3, 0.4) is 0 Å². The summed E-state index contributed by atoms with van der Waals surface area (Å²) in [7, 11) is 3.17. The van der Waals surface area contributed by atoms with Gasteiger partial charge in [0.25, 0.3) is 0 Å². The summed E-state index contributed by atoms with van der Waals surface area (Å²) in [6.07, 6.45) is 0.222. The van der Waals surface area contributed by atoms with Crippen LogP contribution in [-0.4, -0.2) is 32.9 Å². The van der Waals surface area contributed by atoms with Crippen LogP contribution in [-0.2, 0) is 16.0 Å². The molecule has 0 amide bonds. The normalized spacial score (nSPS) is 18.2. The van der Waals surface area contributed by atoms with E-state index in [1.165, 1.54) is 14.0 Å². The molecular formula is C21H24O6. The molecule has 0 saturated carbocycles. The Hall–Kier alpha value is -2.73. The van der Waals surface area contributed by atoms with E-state index in [0.29, 0.717) is 30.3 Å². The van der Waals surface area contributed by atoms with Gasteiger partial charge in [-0.3, -0.25) is 4.79 Å². The highest BCUT2D eigenvalue weighted by Gasteiger charge is 2.33. The zero-order valence-electron chi connectivity index (χ0n) is 16.0. The van der Waals surface area contributed by atoms with Crippen molar-refractivity contribution in [2.24, 2.45) is 0 Å². The van der Waals surface area contributed by atoms with Crippen LogP contribution in [0, 0.1) is 0 Å². The van der Waals surface area contributed by atoms with E-state index in [2.05, 4.69) is 0 Å². The molecule has 1 heterocycles. The van der Waals surface area contributed by atoms with E-state index in [4.69, 9.17) is 23.7 Å². The molecular weight excluding hydrogens is 348 g/mol. The first kappa shape index (κ1) is 19.0. The fourth-order valence-electron chi connectivity index (χ4n) is 3.22. The van der Waals surface area contributed by atoms with Crippen LogP contribution in [0.15, 0.2) is 36.4 Å². The van der Waals surface area contributed by atoms with Crippen molar-refractivity contribution >= 4 is 5.97 Å². The van der Waals surface area contributed by atoms with Crippen LogP contribution in [0.25, 0.3) is 0 Å². The standard InChI is InChI=1S/C21H24O6/c1-5-25-20-11-15-10-19(26-13(2)22)18(24-4)12-17(15)27-21(20)14-6-8-16(23-3)9-7-14/h6-10,12,20-21H,5,11H2,1-4H3. The van der Waals surface area contributed by atoms with E-state index in [1.54, 1.807) is 19.2 Å². The van der Waals surface area contributed by atoms with Crippen molar-refractivity contribution < 1.29 is 28.5 Å². The van der Waals surface area contributed by atoms with Crippen molar-refractivity contribution in [3.63, 3.8) is 0 Å². The lowest BCUT2D eigenvalue weighted by atomic mass is 9.94. The Kier molecular flexibility index (Phi) is 5.86. The third kappa shape index (κ3) is 4.17. The number of rotatable bonds is 6. The Bertz CT molecular complexity index is 799. The van der Waals surface area contributed by atoms with Gasteiger partial charge in [-0.2, -0.15) is 0 Å². The second-order valence-electron chi connectivity index (χ2n) is 6.21. The maximum atomic E-state index is 11.4. The maximum Gasteiger partial charge on any atom is 0.308 e. The van der Waals surface area contributed by atoms with Crippen LogP contribution in [0.2, 0.25) is 0 Å². The predicted molar refractivity (Wildman–Crippen MR) is 99.8 cm³/mol. The summed E-state index contributed by atoms with van der Waals surface area (Å²) in [5.74, 6) is 1.91. The van der Waals surface area contributed by atoms with Gasteiger partial charge in [-0.15, -0.1) is 0 Å². The Balaban J connectivity index is 1.96. The molecule has 6 nitrogen and oxygen atoms in total. The summed E-state index contributed by atoms with van der Waals surface area (Å²) < 4.78 is 28.1. The highest BCUT2D eigenvalue weighted by molar-refractivity contribution is 5.71. The first-order valence-corrected chi connectivity index (χ1v) is 8.87. The van der Waals surface area contributed by atoms with Crippen molar-refractivity contribution in [2.45, 2.75) is 32.5 Å². The van der Waals surface area contributed by atoms with Crippen LogP contribution in [0.5, 0.6) is 23.0 Å². The van der Waals surface area contributed by atoms with E-state index in [1.807, 2.05) is 31.2 Å². The lowest BCUT2D eigenvalue weighted by Gasteiger charge is -2.34. The molecule has 0 fully saturated rings. The fraction of sp³-hybridized carbons (Fsp3) is 0.381. The van der Waals surface area contributed by atoms with Crippen molar-refractivity contribution in [1.29, 1.82) is 0 Å². The third-order valence-corrected chi connectivity index (χ3v) is 4.44. The zero-order chi connectivity index (χ0) is 19.4. The highest BCUT2D eigenvalue weighted by Crippen LogP contribution is 2.42. The summed E-state index contributed by atoms with van der Waals surface area (Å²) in [6, 6.07) is 11.3. The molecule has 0 radical (unpaired) electrons. The fourth-order valence-corrected chi connectivity index (χ4v) is 3.22. The molecule has 0 N–H and O–H groups in total. The van der Waals surface area contributed by atoms with Gasteiger partial charge >= 0.3 is 5.97 Å². The molecule has 1 aliphatic heterocycles. The van der Waals surface area contributed by atoms with Gasteiger partial charge < -0.3 is 23.7 Å². The number of esters is 1. The minimum absolute atomic E-state index is 0.158. The van der Waals surface area contributed by atoms with Crippen molar-refractivity contribution in [2.75, 3.05) is 20.8 Å². The smallest absolute Gasteiger partial charge is 0.308 e. The van der Waals surface area contributed by atoms with Crippen molar-refractivity contribution in [3.05, 3.63) is 47.5 Å².